The van der Waals surface area contributed by atoms with Gasteiger partial charge in [0, 0.05) is 12.2 Å². The Morgan fingerprint density at radius 2 is 1.62 bits per heavy atom. The lowest BCUT2D eigenvalue weighted by Crippen LogP contribution is -2.12. The van der Waals surface area contributed by atoms with Crippen LogP contribution >= 0.6 is 0 Å². The van der Waals surface area contributed by atoms with Crippen LogP contribution in [0.1, 0.15) is 5.56 Å². The summed E-state index contributed by atoms with van der Waals surface area (Å²) in [5.41, 5.74) is 0.842. The Kier molecular flexibility index (Phi) is 4.10. The van der Waals surface area contributed by atoms with Crippen LogP contribution in [0, 0.1) is 11.6 Å². The summed E-state index contributed by atoms with van der Waals surface area (Å²) in [6, 6.07) is 7.60. The van der Waals surface area contributed by atoms with Crippen molar-refractivity contribution in [3.8, 4) is 5.75 Å². The van der Waals surface area contributed by atoms with Crippen molar-refractivity contribution in [2.45, 2.75) is 11.4 Å². The van der Waals surface area contributed by atoms with Crippen LogP contribution < -0.4 is 10.5 Å². The summed E-state index contributed by atoms with van der Waals surface area (Å²) < 4.78 is 48.5. The summed E-state index contributed by atoms with van der Waals surface area (Å²) in [6.07, 6.45) is 0. The molecule has 0 unspecified atom stereocenters. The molecule has 0 fully saturated rings. The summed E-state index contributed by atoms with van der Waals surface area (Å²) in [5.74, 6) is -3.11. The molecule has 112 valence electrons. The van der Waals surface area contributed by atoms with Crippen molar-refractivity contribution in [3.05, 3.63) is 53.6 Å². The molecule has 5 nitrogen and oxygen atoms in total. The van der Waals surface area contributed by atoms with Gasteiger partial charge >= 0.3 is 0 Å². The van der Waals surface area contributed by atoms with Gasteiger partial charge in [-0.3, -0.25) is 0 Å². The van der Waals surface area contributed by atoms with Crippen molar-refractivity contribution in [1.29, 1.82) is 0 Å². The van der Waals surface area contributed by atoms with Gasteiger partial charge < -0.3 is 10.4 Å². The zero-order valence-corrected chi connectivity index (χ0v) is 11.5. The van der Waals surface area contributed by atoms with Gasteiger partial charge in [-0.2, -0.15) is 0 Å². The molecule has 0 aliphatic rings. The molecule has 21 heavy (non-hydrogen) atoms. The standard InChI is InChI=1S/C13H12F2N2O3S/c14-11-5-8(6-12(15)13(11)18)7-17-9-1-3-10(4-2-9)21(16,19)20/h1-6,17-18H,7H2,(H2,16,19,20). The summed E-state index contributed by atoms with van der Waals surface area (Å²) in [5, 5.41) is 16.8. The lowest BCUT2D eigenvalue weighted by atomic mass is 10.2. The van der Waals surface area contributed by atoms with E-state index in [9.17, 15) is 17.2 Å². The van der Waals surface area contributed by atoms with Gasteiger partial charge in [0.2, 0.25) is 10.0 Å². The zero-order valence-electron chi connectivity index (χ0n) is 10.7. The highest BCUT2D eigenvalue weighted by Crippen LogP contribution is 2.22. The van der Waals surface area contributed by atoms with Crippen LogP contribution in [0.5, 0.6) is 5.75 Å². The molecule has 0 saturated carbocycles. The summed E-state index contributed by atoms with van der Waals surface area (Å²) in [7, 11) is -3.76. The van der Waals surface area contributed by atoms with Crippen molar-refractivity contribution < 1.29 is 22.3 Å². The summed E-state index contributed by atoms with van der Waals surface area (Å²) in [6.45, 7) is 0.100. The number of rotatable bonds is 4. The number of hydrogen-bond acceptors (Lipinski definition) is 4. The molecule has 0 heterocycles. The fourth-order valence-electron chi connectivity index (χ4n) is 1.69. The molecule has 0 saturated heterocycles. The maximum absolute atomic E-state index is 13.2. The SMILES string of the molecule is NS(=O)(=O)c1ccc(NCc2cc(F)c(O)c(F)c2)cc1. The van der Waals surface area contributed by atoms with E-state index in [0.29, 0.717) is 11.3 Å². The maximum atomic E-state index is 13.2. The molecule has 2 aromatic rings. The Labute approximate surface area is 120 Å². The summed E-state index contributed by atoms with van der Waals surface area (Å²) in [4.78, 5) is -0.0326. The Bertz CT molecular complexity index is 738. The molecule has 0 aromatic heterocycles. The number of halogens is 2. The van der Waals surface area contributed by atoms with E-state index < -0.39 is 27.4 Å². The third-order valence-electron chi connectivity index (χ3n) is 2.76. The van der Waals surface area contributed by atoms with E-state index in [-0.39, 0.29) is 11.4 Å². The highest BCUT2D eigenvalue weighted by Gasteiger charge is 2.10. The number of sulfonamides is 1. The number of primary sulfonamides is 1. The van der Waals surface area contributed by atoms with Crippen LogP contribution in [0.25, 0.3) is 0 Å². The molecule has 0 aliphatic heterocycles. The van der Waals surface area contributed by atoms with Crippen molar-refractivity contribution in [2.24, 2.45) is 5.14 Å². The van der Waals surface area contributed by atoms with E-state index in [2.05, 4.69) is 5.32 Å². The molecule has 0 atom stereocenters. The number of hydrogen-bond donors (Lipinski definition) is 3. The van der Waals surface area contributed by atoms with Gasteiger partial charge in [0.1, 0.15) is 0 Å². The normalized spacial score (nSPS) is 11.4. The minimum Gasteiger partial charge on any atom is -0.503 e. The fraction of sp³-hybridized carbons (Fsp3) is 0.0769. The van der Waals surface area contributed by atoms with Crippen molar-refractivity contribution in [3.63, 3.8) is 0 Å². The van der Waals surface area contributed by atoms with Crippen LogP contribution in [0.15, 0.2) is 41.3 Å². The van der Waals surface area contributed by atoms with Crippen LogP contribution in [0.3, 0.4) is 0 Å². The number of phenols is 1. The highest BCUT2D eigenvalue weighted by atomic mass is 32.2. The van der Waals surface area contributed by atoms with Gasteiger partial charge in [0.05, 0.1) is 4.90 Å². The van der Waals surface area contributed by atoms with E-state index >= 15 is 0 Å². The van der Waals surface area contributed by atoms with Gasteiger partial charge in [-0.05, 0) is 42.0 Å². The number of nitrogens with one attached hydrogen (secondary N) is 1. The first kappa shape index (κ1) is 15.2. The van der Waals surface area contributed by atoms with Crippen molar-refractivity contribution in [1.82, 2.24) is 0 Å². The van der Waals surface area contributed by atoms with Crippen molar-refractivity contribution >= 4 is 15.7 Å². The molecule has 4 N–H and O–H groups in total. The molecule has 0 amide bonds. The number of aromatic hydroxyl groups is 1. The first-order chi connectivity index (χ1) is 9.77. The quantitative estimate of drug-likeness (QED) is 0.804. The van der Waals surface area contributed by atoms with Crippen molar-refractivity contribution in [2.75, 3.05) is 5.32 Å². The number of nitrogens with two attached hydrogens (primary N) is 1. The smallest absolute Gasteiger partial charge is 0.238 e. The van der Waals surface area contributed by atoms with Gasteiger partial charge in [-0.25, -0.2) is 22.3 Å². The van der Waals surface area contributed by atoms with Crippen LogP contribution in [-0.4, -0.2) is 13.5 Å². The summed E-state index contributed by atoms with van der Waals surface area (Å²) >= 11 is 0. The zero-order chi connectivity index (χ0) is 15.6. The molecular formula is C13H12F2N2O3S. The van der Waals surface area contributed by atoms with Gasteiger partial charge in [-0.1, -0.05) is 0 Å². The molecular weight excluding hydrogens is 302 g/mol. The minimum atomic E-state index is -3.76. The first-order valence-corrected chi connectivity index (χ1v) is 7.35. The Morgan fingerprint density at radius 1 is 1.10 bits per heavy atom. The first-order valence-electron chi connectivity index (χ1n) is 5.81. The van der Waals surface area contributed by atoms with Crippen LogP contribution in [0.4, 0.5) is 14.5 Å². The average molecular weight is 314 g/mol. The van der Waals surface area contributed by atoms with E-state index in [1.165, 1.54) is 24.3 Å². The Hall–Kier alpha value is -2.19. The molecule has 0 bridgehead atoms. The fourth-order valence-corrected chi connectivity index (χ4v) is 2.20. The molecule has 0 radical (unpaired) electrons. The van der Waals surface area contributed by atoms with Gasteiger partial charge in [0.15, 0.2) is 17.4 Å². The predicted molar refractivity (Wildman–Crippen MR) is 73.2 cm³/mol. The molecule has 0 spiro atoms. The average Bonchev–Trinajstić information content (AvgIpc) is 2.42. The minimum absolute atomic E-state index is 0.0326. The van der Waals surface area contributed by atoms with E-state index in [1.807, 2.05) is 0 Å². The third-order valence-corrected chi connectivity index (χ3v) is 3.69. The molecule has 8 heteroatoms. The molecule has 2 rings (SSSR count). The lowest BCUT2D eigenvalue weighted by Gasteiger charge is -2.08. The Balaban J connectivity index is 2.10. The lowest BCUT2D eigenvalue weighted by molar-refractivity contribution is 0.395. The largest absolute Gasteiger partial charge is 0.503 e. The number of benzene rings is 2. The third kappa shape index (κ3) is 3.67. The van der Waals surface area contributed by atoms with E-state index in [1.54, 1.807) is 0 Å². The topological polar surface area (TPSA) is 92.4 Å². The molecule has 2 aromatic carbocycles. The van der Waals surface area contributed by atoms with Crippen LogP contribution in [0.2, 0.25) is 0 Å². The highest BCUT2D eigenvalue weighted by molar-refractivity contribution is 7.89. The second kappa shape index (κ2) is 5.66. The van der Waals surface area contributed by atoms with Gasteiger partial charge in [0.25, 0.3) is 0 Å². The number of anilines is 1. The van der Waals surface area contributed by atoms with E-state index in [4.69, 9.17) is 10.2 Å². The number of phenolic OH excluding ortho intramolecular Hbond substituents is 1. The second-order valence-electron chi connectivity index (χ2n) is 4.33. The van der Waals surface area contributed by atoms with Gasteiger partial charge in [-0.15, -0.1) is 0 Å². The van der Waals surface area contributed by atoms with E-state index in [0.717, 1.165) is 12.1 Å². The monoisotopic (exact) mass is 314 g/mol. The second-order valence-corrected chi connectivity index (χ2v) is 5.89. The maximum Gasteiger partial charge on any atom is 0.238 e. The predicted octanol–water partition coefficient (Wildman–Crippen LogP) is 1.93. The molecule has 0 aliphatic carbocycles. The Morgan fingerprint density at radius 3 is 2.10 bits per heavy atom. The van der Waals surface area contributed by atoms with Crippen LogP contribution in [-0.2, 0) is 16.6 Å².